The lowest BCUT2D eigenvalue weighted by molar-refractivity contribution is -0.120. The Hall–Kier alpha value is -0.860. The Morgan fingerprint density at radius 1 is 1.43 bits per heavy atom. The average molecular weight is 189 g/mol. The van der Waals surface area contributed by atoms with Crippen LogP contribution in [-0.2, 0) is 16.9 Å². The van der Waals surface area contributed by atoms with Crippen molar-refractivity contribution < 1.29 is 4.74 Å². The molecule has 2 unspecified atom stereocenters. The van der Waals surface area contributed by atoms with Crippen LogP contribution < -0.4 is 5.32 Å². The summed E-state index contributed by atoms with van der Waals surface area (Å²) in [6, 6.07) is 9.10. The van der Waals surface area contributed by atoms with E-state index in [1.165, 1.54) is 17.5 Å². The minimum absolute atomic E-state index is 0.00530. The molecule has 1 aliphatic heterocycles. The van der Waals surface area contributed by atoms with Crippen LogP contribution in [0.5, 0.6) is 0 Å². The van der Waals surface area contributed by atoms with E-state index in [-0.39, 0.29) is 5.60 Å². The molecular weight excluding hydrogens is 174 g/mol. The van der Waals surface area contributed by atoms with Crippen LogP contribution in [-0.4, -0.2) is 13.1 Å². The van der Waals surface area contributed by atoms with E-state index < -0.39 is 0 Å². The van der Waals surface area contributed by atoms with E-state index in [2.05, 4.69) is 29.6 Å². The van der Waals surface area contributed by atoms with Crippen molar-refractivity contribution in [1.29, 1.82) is 0 Å². The molecule has 2 aliphatic rings. The molecule has 0 aromatic heterocycles. The van der Waals surface area contributed by atoms with Crippen LogP contribution in [0.1, 0.15) is 24.0 Å². The first-order valence-corrected chi connectivity index (χ1v) is 5.26. The molecule has 2 atom stereocenters. The fourth-order valence-electron chi connectivity index (χ4n) is 2.77. The first-order chi connectivity index (χ1) is 6.87. The number of hydrogen-bond donors (Lipinski definition) is 1. The number of likely N-dealkylation sites (N-methyl/N-ethyl adjacent to an activating group) is 1. The Balaban J connectivity index is 2.05. The molecule has 1 aromatic carbocycles. The summed E-state index contributed by atoms with van der Waals surface area (Å²) >= 11 is 0. The minimum atomic E-state index is 0.00530. The van der Waals surface area contributed by atoms with Gasteiger partial charge in [0, 0.05) is 6.04 Å². The Labute approximate surface area is 84.3 Å². The molecule has 3 rings (SSSR count). The predicted molar refractivity (Wildman–Crippen MR) is 55.0 cm³/mol. The molecule has 0 amide bonds. The second kappa shape index (κ2) is 2.81. The van der Waals surface area contributed by atoms with Crippen molar-refractivity contribution in [2.24, 2.45) is 0 Å². The molecule has 2 heteroatoms. The third-order valence-corrected chi connectivity index (χ3v) is 3.67. The highest BCUT2D eigenvalue weighted by atomic mass is 16.5. The summed E-state index contributed by atoms with van der Waals surface area (Å²) in [5.41, 5.74) is 2.78. The van der Waals surface area contributed by atoms with E-state index in [0.717, 1.165) is 13.0 Å². The Bertz CT molecular complexity index is 361. The lowest BCUT2D eigenvalue weighted by atomic mass is 9.70. The number of hydrogen-bond acceptors (Lipinski definition) is 2. The molecule has 1 heterocycles. The van der Waals surface area contributed by atoms with Crippen LogP contribution >= 0.6 is 0 Å². The van der Waals surface area contributed by atoms with Gasteiger partial charge in [0.1, 0.15) is 5.60 Å². The summed E-state index contributed by atoms with van der Waals surface area (Å²) in [5, 5.41) is 3.35. The van der Waals surface area contributed by atoms with Gasteiger partial charge in [-0.25, -0.2) is 0 Å². The van der Waals surface area contributed by atoms with Gasteiger partial charge in [0.2, 0.25) is 0 Å². The molecule has 0 bridgehead atoms. The smallest absolute Gasteiger partial charge is 0.109 e. The second-order valence-electron chi connectivity index (χ2n) is 4.22. The number of rotatable bonds is 1. The van der Waals surface area contributed by atoms with Crippen LogP contribution in [0.3, 0.4) is 0 Å². The molecule has 2 nitrogen and oxygen atoms in total. The van der Waals surface area contributed by atoms with Gasteiger partial charge in [-0.1, -0.05) is 24.3 Å². The highest BCUT2D eigenvalue weighted by Crippen LogP contribution is 2.50. The van der Waals surface area contributed by atoms with Gasteiger partial charge in [-0.05, 0) is 31.0 Å². The highest BCUT2D eigenvalue weighted by Gasteiger charge is 2.52. The SMILES string of the molecule is CNC1CCC12OCc1ccccc12. The summed E-state index contributed by atoms with van der Waals surface area (Å²) in [7, 11) is 2.02. The third kappa shape index (κ3) is 0.877. The zero-order valence-electron chi connectivity index (χ0n) is 8.42. The molecule has 0 radical (unpaired) electrons. The fraction of sp³-hybridized carbons (Fsp3) is 0.500. The third-order valence-electron chi connectivity index (χ3n) is 3.67. The normalized spacial score (nSPS) is 34.2. The van der Waals surface area contributed by atoms with E-state index in [1.807, 2.05) is 7.05 Å². The Morgan fingerprint density at radius 2 is 2.29 bits per heavy atom. The topological polar surface area (TPSA) is 21.3 Å². The van der Waals surface area contributed by atoms with Crippen molar-refractivity contribution in [2.45, 2.75) is 31.1 Å². The van der Waals surface area contributed by atoms with Crippen molar-refractivity contribution >= 4 is 0 Å². The van der Waals surface area contributed by atoms with Crippen LogP contribution in [0.15, 0.2) is 24.3 Å². The summed E-state index contributed by atoms with van der Waals surface area (Å²) < 4.78 is 5.99. The van der Waals surface area contributed by atoms with Gasteiger partial charge >= 0.3 is 0 Å². The number of ether oxygens (including phenoxy) is 1. The van der Waals surface area contributed by atoms with Crippen molar-refractivity contribution in [2.75, 3.05) is 7.05 Å². The van der Waals surface area contributed by atoms with Crippen LogP contribution in [0, 0.1) is 0 Å². The molecular formula is C12H15NO. The zero-order chi connectivity index (χ0) is 9.60. The molecule has 14 heavy (non-hydrogen) atoms. The van der Waals surface area contributed by atoms with Crippen LogP contribution in [0.2, 0.25) is 0 Å². The summed E-state index contributed by atoms with van der Waals surface area (Å²) in [6.07, 6.45) is 2.39. The molecule has 1 aliphatic carbocycles. The van der Waals surface area contributed by atoms with Gasteiger partial charge in [0.05, 0.1) is 6.61 Å². The van der Waals surface area contributed by atoms with E-state index in [1.54, 1.807) is 0 Å². The van der Waals surface area contributed by atoms with E-state index in [4.69, 9.17) is 4.74 Å². The minimum Gasteiger partial charge on any atom is -0.364 e. The van der Waals surface area contributed by atoms with Gasteiger partial charge in [0.15, 0.2) is 0 Å². The number of fused-ring (bicyclic) bond motifs is 2. The van der Waals surface area contributed by atoms with Crippen LogP contribution in [0.25, 0.3) is 0 Å². The fourth-order valence-corrected chi connectivity index (χ4v) is 2.77. The van der Waals surface area contributed by atoms with E-state index >= 15 is 0 Å². The standard InChI is InChI=1S/C12H15NO/c1-13-11-6-7-12(11)10-5-3-2-4-9(10)8-14-12/h2-5,11,13H,6-8H2,1H3. The summed E-state index contributed by atoms with van der Waals surface area (Å²) in [6.45, 7) is 0.786. The van der Waals surface area contributed by atoms with Crippen molar-refractivity contribution in [3.63, 3.8) is 0 Å². The molecule has 0 saturated heterocycles. The molecule has 1 spiro atoms. The zero-order valence-corrected chi connectivity index (χ0v) is 8.42. The lowest BCUT2D eigenvalue weighted by Gasteiger charge is -2.46. The largest absolute Gasteiger partial charge is 0.364 e. The van der Waals surface area contributed by atoms with Gasteiger partial charge in [-0.2, -0.15) is 0 Å². The molecule has 74 valence electrons. The second-order valence-corrected chi connectivity index (χ2v) is 4.22. The first-order valence-electron chi connectivity index (χ1n) is 5.26. The molecule has 1 aromatic rings. The Morgan fingerprint density at radius 3 is 3.00 bits per heavy atom. The number of nitrogens with one attached hydrogen (secondary N) is 1. The molecule has 1 fully saturated rings. The van der Waals surface area contributed by atoms with E-state index in [9.17, 15) is 0 Å². The predicted octanol–water partition coefficient (Wildman–Crippen LogP) is 1.79. The highest BCUT2D eigenvalue weighted by molar-refractivity contribution is 5.39. The van der Waals surface area contributed by atoms with Gasteiger partial charge < -0.3 is 10.1 Å². The monoisotopic (exact) mass is 189 g/mol. The van der Waals surface area contributed by atoms with Gasteiger partial charge in [0.25, 0.3) is 0 Å². The number of benzene rings is 1. The van der Waals surface area contributed by atoms with E-state index in [0.29, 0.717) is 6.04 Å². The molecule has 1 saturated carbocycles. The first kappa shape index (κ1) is 8.45. The maximum absolute atomic E-state index is 5.99. The van der Waals surface area contributed by atoms with Crippen LogP contribution in [0.4, 0.5) is 0 Å². The average Bonchev–Trinajstić information content (AvgIpc) is 2.58. The maximum Gasteiger partial charge on any atom is 0.109 e. The summed E-state index contributed by atoms with van der Waals surface area (Å²) in [4.78, 5) is 0. The Kier molecular flexibility index (Phi) is 1.70. The summed E-state index contributed by atoms with van der Waals surface area (Å²) in [5.74, 6) is 0. The van der Waals surface area contributed by atoms with Crippen molar-refractivity contribution in [3.8, 4) is 0 Å². The molecule has 1 N–H and O–H groups in total. The lowest BCUT2D eigenvalue weighted by Crippen LogP contribution is -2.55. The van der Waals surface area contributed by atoms with Crippen molar-refractivity contribution in [1.82, 2.24) is 5.32 Å². The maximum atomic E-state index is 5.99. The van der Waals surface area contributed by atoms with Gasteiger partial charge in [-0.3, -0.25) is 0 Å². The van der Waals surface area contributed by atoms with Crippen molar-refractivity contribution in [3.05, 3.63) is 35.4 Å². The quantitative estimate of drug-likeness (QED) is 0.727. The van der Waals surface area contributed by atoms with Gasteiger partial charge in [-0.15, -0.1) is 0 Å².